The molecule has 16 heteroatoms. The number of benzene rings is 2. The lowest BCUT2D eigenvalue weighted by Gasteiger charge is -2.36. The van der Waals surface area contributed by atoms with Crippen LogP contribution in [-0.2, 0) is 30.8 Å². The van der Waals surface area contributed by atoms with E-state index >= 15 is 0 Å². The van der Waals surface area contributed by atoms with Gasteiger partial charge in [-0.15, -0.1) is 0 Å². The highest BCUT2D eigenvalue weighted by molar-refractivity contribution is 7.89. The number of esters is 1. The molecule has 11 nitrogen and oxygen atoms in total. The van der Waals surface area contributed by atoms with Crippen molar-refractivity contribution in [2.75, 3.05) is 31.6 Å². The Hall–Kier alpha value is -2.97. The maximum absolute atomic E-state index is 13.8. The van der Waals surface area contributed by atoms with Crippen molar-refractivity contribution >= 4 is 79.9 Å². The average Bonchev–Trinajstić information content (AvgIpc) is 3.42. The van der Waals surface area contributed by atoms with Crippen molar-refractivity contribution in [1.82, 2.24) is 19.5 Å². The molecule has 2 saturated heterocycles. The summed E-state index contributed by atoms with van der Waals surface area (Å²) in [4.78, 5) is 45.5. The Morgan fingerprint density at radius 3 is 2.21 bits per heavy atom. The third kappa shape index (κ3) is 8.19. The van der Waals surface area contributed by atoms with Gasteiger partial charge in [0.1, 0.15) is 12.1 Å². The van der Waals surface area contributed by atoms with Crippen LogP contribution in [0.3, 0.4) is 0 Å². The van der Waals surface area contributed by atoms with Gasteiger partial charge in [0, 0.05) is 47.1 Å². The van der Waals surface area contributed by atoms with E-state index in [0.717, 1.165) is 23.8 Å². The quantitative estimate of drug-likeness (QED) is 0.260. The van der Waals surface area contributed by atoms with Crippen LogP contribution >= 0.6 is 46.4 Å². The number of carbonyl (C=O) groups excluding carboxylic acids is 3. The Kier molecular flexibility index (Phi) is 11.3. The number of amides is 2. The molecule has 0 saturated carbocycles. The lowest BCUT2D eigenvalue weighted by molar-refractivity contribution is -0.147. The van der Waals surface area contributed by atoms with Crippen molar-refractivity contribution in [2.45, 2.75) is 49.2 Å². The number of pyridine rings is 1. The van der Waals surface area contributed by atoms with Gasteiger partial charge in [-0.1, -0.05) is 58.5 Å². The van der Waals surface area contributed by atoms with Gasteiger partial charge >= 0.3 is 5.97 Å². The minimum Gasteiger partial charge on any atom is -0.464 e. The van der Waals surface area contributed by atoms with E-state index in [2.05, 4.69) is 20.5 Å². The molecule has 0 radical (unpaired) electrons. The number of nitrogens with zero attached hydrogens (tertiary/aromatic N) is 3. The number of ether oxygens (including phenoxy) is 1. The number of sulfonamides is 1. The summed E-state index contributed by atoms with van der Waals surface area (Å²) >= 11 is 24.4. The maximum atomic E-state index is 13.8. The summed E-state index contributed by atoms with van der Waals surface area (Å²) in [5.41, 5.74) is 1.16. The molecule has 2 fully saturated rings. The van der Waals surface area contributed by atoms with Crippen LogP contribution in [0.2, 0.25) is 20.1 Å². The highest BCUT2D eigenvalue weighted by Crippen LogP contribution is 2.33. The number of hydrogen-bond donors (Lipinski definition) is 2. The molecule has 0 bridgehead atoms. The molecule has 47 heavy (non-hydrogen) atoms. The van der Waals surface area contributed by atoms with Gasteiger partial charge in [0.2, 0.25) is 15.9 Å². The summed E-state index contributed by atoms with van der Waals surface area (Å²) in [7, 11) is -4.19. The van der Waals surface area contributed by atoms with Crippen LogP contribution in [0.1, 0.15) is 35.7 Å². The van der Waals surface area contributed by atoms with Crippen LogP contribution in [0.5, 0.6) is 0 Å². The van der Waals surface area contributed by atoms with Crippen LogP contribution in [0, 0.1) is 0 Å². The number of aromatic nitrogens is 1. The second-order valence-electron chi connectivity index (χ2n) is 11.1. The Morgan fingerprint density at radius 1 is 1.00 bits per heavy atom. The molecular formula is C31H31Cl4N5O6S. The number of rotatable bonds is 11. The van der Waals surface area contributed by atoms with Crippen molar-refractivity contribution in [3.05, 3.63) is 86.1 Å². The fourth-order valence-electron chi connectivity index (χ4n) is 5.56. The highest BCUT2D eigenvalue weighted by Gasteiger charge is 2.47. The predicted molar refractivity (Wildman–Crippen MR) is 180 cm³/mol. The Morgan fingerprint density at radius 2 is 1.64 bits per heavy atom. The number of nitrogens with one attached hydrogen (secondary N) is 2. The van der Waals surface area contributed by atoms with Crippen molar-refractivity contribution in [3.8, 4) is 0 Å². The zero-order valence-electron chi connectivity index (χ0n) is 25.1. The van der Waals surface area contributed by atoms with Crippen LogP contribution in [-0.4, -0.2) is 84.8 Å². The third-order valence-electron chi connectivity index (χ3n) is 8.01. The predicted octanol–water partition coefficient (Wildman–Crippen LogP) is 5.08. The molecule has 3 aromatic rings. The van der Waals surface area contributed by atoms with Gasteiger partial charge in [-0.05, 0) is 68.8 Å². The first-order valence-corrected chi connectivity index (χ1v) is 17.7. The topological polar surface area (TPSA) is 138 Å². The summed E-state index contributed by atoms with van der Waals surface area (Å²) in [6, 6.07) is 8.23. The highest BCUT2D eigenvalue weighted by atomic mass is 35.5. The van der Waals surface area contributed by atoms with Crippen LogP contribution < -0.4 is 10.6 Å². The molecule has 2 N–H and O–H groups in total. The normalized spacial score (nSPS) is 19.1. The monoisotopic (exact) mass is 741 g/mol. The van der Waals surface area contributed by atoms with E-state index in [1.165, 1.54) is 30.6 Å². The van der Waals surface area contributed by atoms with E-state index in [1.54, 1.807) is 31.2 Å². The van der Waals surface area contributed by atoms with Gasteiger partial charge in [0.25, 0.3) is 5.91 Å². The molecule has 250 valence electrons. The fourth-order valence-corrected chi connectivity index (χ4v) is 8.46. The van der Waals surface area contributed by atoms with Gasteiger partial charge in [-0.3, -0.25) is 19.5 Å². The molecule has 2 aliphatic rings. The third-order valence-corrected chi connectivity index (χ3v) is 10.9. The first-order valence-electron chi connectivity index (χ1n) is 14.8. The van der Waals surface area contributed by atoms with E-state index in [9.17, 15) is 22.8 Å². The van der Waals surface area contributed by atoms with Crippen molar-refractivity contribution in [2.24, 2.45) is 0 Å². The summed E-state index contributed by atoms with van der Waals surface area (Å²) in [6.45, 7) is 3.43. The smallest absolute Gasteiger partial charge is 0.328 e. The minimum atomic E-state index is -4.19. The molecule has 3 atom stereocenters. The van der Waals surface area contributed by atoms with Gasteiger partial charge in [0.05, 0.1) is 27.1 Å². The number of anilines is 1. The van der Waals surface area contributed by atoms with E-state index in [4.69, 9.17) is 51.1 Å². The Bertz CT molecular complexity index is 1730. The fraction of sp³-hybridized carbons (Fsp3) is 0.355. The Balaban J connectivity index is 1.34. The summed E-state index contributed by atoms with van der Waals surface area (Å²) in [6.07, 6.45) is 3.90. The summed E-state index contributed by atoms with van der Waals surface area (Å²) in [5, 5.41) is 5.95. The molecule has 3 heterocycles. The van der Waals surface area contributed by atoms with Crippen molar-refractivity contribution in [1.29, 1.82) is 0 Å². The van der Waals surface area contributed by atoms with E-state index in [-0.39, 0.29) is 62.6 Å². The zero-order chi connectivity index (χ0) is 33.9. The van der Waals surface area contributed by atoms with Gasteiger partial charge in [0.15, 0.2) is 0 Å². The Labute approximate surface area is 292 Å². The van der Waals surface area contributed by atoms with Crippen LogP contribution in [0.15, 0.2) is 59.8 Å². The molecule has 2 aliphatic heterocycles. The first kappa shape index (κ1) is 35.3. The van der Waals surface area contributed by atoms with Crippen molar-refractivity contribution < 1.29 is 27.5 Å². The second kappa shape index (κ2) is 15.1. The molecule has 0 aliphatic carbocycles. The SMILES string of the molecule is CCOC(=O)[C@H](Cc1ccc(NC(=O)c2c(Cl)cncc2Cl)cc1)NC(=O)[C@@H]1C[C@@H](N2CCC2)CN1S(=O)(=O)c1cc(Cl)cc(Cl)c1. The van der Waals surface area contributed by atoms with E-state index in [1.807, 2.05) is 0 Å². The van der Waals surface area contributed by atoms with E-state index < -0.39 is 39.9 Å². The molecule has 0 unspecified atom stereocenters. The summed E-state index contributed by atoms with van der Waals surface area (Å²) < 4.78 is 34.1. The number of carbonyl (C=O) groups is 3. The van der Waals surface area contributed by atoms with Gasteiger partial charge in [-0.2, -0.15) is 4.31 Å². The lowest BCUT2D eigenvalue weighted by atomic mass is 10.0. The zero-order valence-corrected chi connectivity index (χ0v) is 28.9. The number of likely N-dealkylation sites (tertiary alicyclic amines) is 1. The molecule has 5 rings (SSSR count). The summed E-state index contributed by atoms with van der Waals surface area (Å²) in [5.74, 6) is -1.83. The average molecular weight is 743 g/mol. The largest absolute Gasteiger partial charge is 0.464 e. The number of hydrogen-bond acceptors (Lipinski definition) is 8. The molecule has 0 spiro atoms. The van der Waals surface area contributed by atoms with Crippen molar-refractivity contribution in [3.63, 3.8) is 0 Å². The molecule has 2 amide bonds. The molecular weight excluding hydrogens is 712 g/mol. The van der Waals surface area contributed by atoms with Gasteiger partial charge in [-0.25, -0.2) is 13.2 Å². The van der Waals surface area contributed by atoms with Crippen LogP contribution in [0.25, 0.3) is 0 Å². The number of halogens is 4. The standard InChI is InChI=1S/C31H31Cl4N5O6S/c1-2-46-31(43)26(10-18-4-6-21(7-5-18)37-30(42)28-24(34)15-36-16-25(28)35)38-29(41)27-14-22(39-8-3-9-39)17-40(27)47(44,45)23-12-19(32)11-20(33)13-23/h4-7,11-13,15-16,22,26-27H,2-3,8-10,14,17H2,1H3,(H,37,42)(H,38,41)/t22-,26+,27+/m1/s1. The minimum absolute atomic E-state index is 0.0414. The molecule has 2 aromatic carbocycles. The maximum Gasteiger partial charge on any atom is 0.328 e. The first-order chi connectivity index (χ1) is 22.4. The lowest BCUT2D eigenvalue weighted by Crippen LogP contribution is -2.51. The van der Waals surface area contributed by atoms with Gasteiger partial charge < -0.3 is 15.4 Å². The molecule has 1 aromatic heterocycles. The van der Waals surface area contributed by atoms with E-state index in [0.29, 0.717) is 11.3 Å². The van der Waals surface area contributed by atoms with Crippen LogP contribution in [0.4, 0.5) is 5.69 Å². The second-order valence-corrected chi connectivity index (χ2v) is 14.7.